The summed E-state index contributed by atoms with van der Waals surface area (Å²) in [4.78, 5) is 19.3. The van der Waals surface area contributed by atoms with E-state index in [0.717, 1.165) is 41.3 Å². The number of ether oxygens (including phenoxy) is 1. The fourth-order valence-electron chi connectivity index (χ4n) is 3.86. The van der Waals surface area contributed by atoms with Gasteiger partial charge in [0.1, 0.15) is 11.6 Å². The van der Waals surface area contributed by atoms with Gasteiger partial charge in [-0.15, -0.1) is 0 Å². The van der Waals surface area contributed by atoms with Gasteiger partial charge in [0.2, 0.25) is 0 Å². The van der Waals surface area contributed by atoms with E-state index >= 15 is 0 Å². The number of rotatable bonds is 5. The van der Waals surface area contributed by atoms with E-state index in [0.29, 0.717) is 17.3 Å². The Morgan fingerprint density at radius 2 is 1.90 bits per heavy atom. The molecule has 0 saturated carbocycles. The van der Waals surface area contributed by atoms with Crippen LogP contribution in [0.5, 0.6) is 5.75 Å². The maximum Gasteiger partial charge on any atom is 0.262 e. The lowest BCUT2D eigenvalue weighted by Gasteiger charge is -2.30. The molecule has 4 aromatic rings. The number of halogens is 1. The summed E-state index contributed by atoms with van der Waals surface area (Å²) >= 11 is 6.12. The van der Waals surface area contributed by atoms with Crippen molar-refractivity contribution in [2.75, 3.05) is 23.4 Å². The van der Waals surface area contributed by atoms with E-state index in [4.69, 9.17) is 21.3 Å². The minimum absolute atomic E-state index is 0.0372. The van der Waals surface area contributed by atoms with Crippen LogP contribution < -0.4 is 15.0 Å². The van der Waals surface area contributed by atoms with Crippen molar-refractivity contribution in [2.24, 2.45) is 0 Å². The first-order valence-corrected chi connectivity index (χ1v) is 10.5. The zero-order valence-corrected chi connectivity index (χ0v) is 17.5. The van der Waals surface area contributed by atoms with Gasteiger partial charge in [0.05, 0.1) is 17.6 Å². The summed E-state index contributed by atoms with van der Waals surface area (Å²) in [5.74, 6) is 1.48. The molecular weight excluding hydrogens is 412 g/mol. The molecule has 2 heterocycles. The van der Waals surface area contributed by atoms with Gasteiger partial charge in [-0.05, 0) is 48.5 Å². The Kier molecular flexibility index (Phi) is 5.22. The molecule has 1 aliphatic heterocycles. The van der Waals surface area contributed by atoms with Gasteiger partial charge in [-0.3, -0.25) is 4.79 Å². The van der Waals surface area contributed by atoms with Crippen molar-refractivity contribution in [3.8, 4) is 5.75 Å². The predicted octanol–water partition coefficient (Wildman–Crippen LogP) is 4.73. The number of fused-ring (bicyclic) bond motifs is 3. The van der Waals surface area contributed by atoms with Crippen molar-refractivity contribution in [1.29, 1.82) is 0 Å². The maximum absolute atomic E-state index is 12.3. The highest BCUT2D eigenvalue weighted by Crippen LogP contribution is 2.27. The molecule has 1 aliphatic rings. The molecule has 156 valence electrons. The van der Waals surface area contributed by atoms with Gasteiger partial charge in [0.25, 0.3) is 5.91 Å². The second kappa shape index (κ2) is 8.32. The van der Waals surface area contributed by atoms with Crippen molar-refractivity contribution in [3.05, 3.63) is 83.6 Å². The zero-order valence-electron chi connectivity index (χ0n) is 16.8. The van der Waals surface area contributed by atoms with Crippen molar-refractivity contribution in [3.63, 3.8) is 0 Å². The van der Waals surface area contributed by atoms with E-state index < -0.39 is 0 Å². The van der Waals surface area contributed by atoms with Crippen LogP contribution in [0.15, 0.2) is 72.8 Å². The van der Waals surface area contributed by atoms with Crippen LogP contribution in [-0.2, 0) is 17.9 Å². The van der Waals surface area contributed by atoms with Gasteiger partial charge in [0.15, 0.2) is 6.61 Å². The molecule has 3 aromatic carbocycles. The third-order valence-corrected chi connectivity index (χ3v) is 5.56. The van der Waals surface area contributed by atoms with Crippen molar-refractivity contribution in [1.82, 2.24) is 9.55 Å². The molecule has 7 heteroatoms. The predicted molar refractivity (Wildman–Crippen MR) is 123 cm³/mol. The van der Waals surface area contributed by atoms with Gasteiger partial charge in [0, 0.05) is 29.5 Å². The Hall–Kier alpha value is -3.51. The first kappa shape index (κ1) is 19.5. The summed E-state index contributed by atoms with van der Waals surface area (Å²) in [7, 11) is 0. The Labute approximate surface area is 185 Å². The second-order valence-corrected chi connectivity index (χ2v) is 7.87. The number of carbonyl (C=O) groups is 1. The monoisotopic (exact) mass is 432 g/mol. The van der Waals surface area contributed by atoms with E-state index in [-0.39, 0.29) is 12.5 Å². The molecule has 6 nitrogen and oxygen atoms in total. The van der Waals surface area contributed by atoms with Crippen LogP contribution in [0.1, 0.15) is 5.82 Å². The summed E-state index contributed by atoms with van der Waals surface area (Å²) in [6.45, 7) is 2.36. The lowest BCUT2D eigenvalue weighted by Crippen LogP contribution is -2.33. The number of nitrogens with zero attached hydrogens (tertiary/aromatic N) is 3. The molecule has 0 fully saturated rings. The molecule has 0 saturated heterocycles. The van der Waals surface area contributed by atoms with E-state index in [1.54, 1.807) is 0 Å². The Bertz CT molecular complexity index is 1240. The smallest absolute Gasteiger partial charge is 0.262 e. The van der Waals surface area contributed by atoms with E-state index in [9.17, 15) is 4.79 Å². The van der Waals surface area contributed by atoms with Crippen molar-refractivity contribution < 1.29 is 9.53 Å². The largest absolute Gasteiger partial charge is 0.484 e. The Morgan fingerprint density at radius 3 is 2.77 bits per heavy atom. The topological polar surface area (TPSA) is 59.4 Å². The highest BCUT2D eigenvalue weighted by atomic mass is 35.5. The van der Waals surface area contributed by atoms with Crippen LogP contribution in [0.25, 0.3) is 11.0 Å². The molecule has 0 aliphatic carbocycles. The molecule has 1 amide bonds. The number of anilines is 2. The Morgan fingerprint density at radius 1 is 1.03 bits per heavy atom. The fraction of sp³-hybridized carbons (Fsp3) is 0.167. The molecular formula is C24H21ClN4O2. The molecule has 0 bridgehead atoms. The van der Waals surface area contributed by atoms with Gasteiger partial charge in [-0.1, -0.05) is 35.9 Å². The maximum atomic E-state index is 12.3. The minimum Gasteiger partial charge on any atom is -0.484 e. The summed E-state index contributed by atoms with van der Waals surface area (Å²) in [5.41, 5.74) is 3.81. The standard InChI is InChI=1S/C24H21ClN4O2/c25-17-9-10-22-21(13-17)27-23-15-28(11-12-29(22)23)19-6-4-5-18(14-19)26-24(30)16-31-20-7-2-1-3-8-20/h1-10,13-14H,11-12,15-16H2,(H,26,30). The molecule has 0 atom stereocenters. The van der Waals surface area contributed by atoms with Crippen LogP contribution in [0.4, 0.5) is 11.4 Å². The van der Waals surface area contributed by atoms with Crippen LogP contribution in [0, 0.1) is 0 Å². The molecule has 0 spiro atoms. The lowest BCUT2D eigenvalue weighted by atomic mass is 10.2. The van der Waals surface area contributed by atoms with Gasteiger partial charge in [-0.2, -0.15) is 0 Å². The van der Waals surface area contributed by atoms with E-state index in [1.807, 2.05) is 72.8 Å². The van der Waals surface area contributed by atoms with Gasteiger partial charge in [-0.25, -0.2) is 4.98 Å². The highest BCUT2D eigenvalue weighted by molar-refractivity contribution is 6.31. The number of carbonyl (C=O) groups excluding carboxylic acids is 1. The molecule has 0 radical (unpaired) electrons. The number of para-hydroxylation sites is 1. The van der Waals surface area contributed by atoms with Crippen LogP contribution in [0.2, 0.25) is 5.02 Å². The molecule has 31 heavy (non-hydrogen) atoms. The van der Waals surface area contributed by atoms with E-state index in [1.165, 1.54) is 0 Å². The summed E-state index contributed by atoms with van der Waals surface area (Å²) < 4.78 is 7.76. The molecule has 1 N–H and O–H groups in total. The number of hydrogen-bond acceptors (Lipinski definition) is 4. The average Bonchev–Trinajstić information content (AvgIpc) is 3.15. The second-order valence-electron chi connectivity index (χ2n) is 7.43. The third-order valence-electron chi connectivity index (χ3n) is 5.32. The quantitative estimate of drug-likeness (QED) is 0.495. The highest BCUT2D eigenvalue weighted by Gasteiger charge is 2.20. The summed E-state index contributed by atoms with van der Waals surface area (Å²) in [6, 6.07) is 23.0. The van der Waals surface area contributed by atoms with Crippen LogP contribution in [-0.4, -0.2) is 28.6 Å². The first-order valence-electron chi connectivity index (χ1n) is 10.1. The van der Waals surface area contributed by atoms with Crippen molar-refractivity contribution >= 4 is 39.9 Å². The number of amides is 1. The fourth-order valence-corrected chi connectivity index (χ4v) is 4.02. The number of hydrogen-bond donors (Lipinski definition) is 1. The first-order chi connectivity index (χ1) is 15.2. The Balaban J connectivity index is 1.27. The molecule has 1 aromatic heterocycles. The SMILES string of the molecule is O=C(COc1ccccc1)Nc1cccc(N2CCn3c(nc4cc(Cl)ccc43)C2)c1. The number of benzene rings is 3. The minimum atomic E-state index is -0.196. The average molecular weight is 433 g/mol. The summed E-state index contributed by atoms with van der Waals surface area (Å²) in [5, 5.41) is 3.61. The van der Waals surface area contributed by atoms with Gasteiger partial charge < -0.3 is 19.5 Å². The van der Waals surface area contributed by atoms with Crippen molar-refractivity contribution in [2.45, 2.75) is 13.1 Å². The lowest BCUT2D eigenvalue weighted by molar-refractivity contribution is -0.118. The van der Waals surface area contributed by atoms with Crippen LogP contribution >= 0.6 is 11.6 Å². The van der Waals surface area contributed by atoms with E-state index in [2.05, 4.69) is 14.8 Å². The third kappa shape index (κ3) is 4.20. The number of nitrogens with one attached hydrogen (secondary N) is 1. The molecule has 5 rings (SSSR count). The van der Waals surface area contributed by atoms with Crippen LogP contribution in [0.3, 0.4) is 0 Å². The normalized spacial score (nSPS) is 13.1. The molecule has 0 unspecified atom stereocenters. The number of aromatic nitrogens is 2. The zero-order chi connectivity index (χ0) is 21.2. The number of imidazole rings is 1. The summed E-state index contributed by atoms with van der Waals surface area (Å²) in [6.07, 6.45) is 0. The van der Waals surface area contributed by atoms with Gasteiger partial charge >= 0.3 is 0 Å².